The largest absolute Gasteiger partial charge is 0.409 e. The maximum atomic E-state index is 11.8. The molecular formula is C10H21N3O2. The lowest BCUT2D eigenvalue weighted by Crippen LogP contribution is -2.41. The quantitative estimate of drug-likeness (QED) is 0.311. The Bertz CT molecular complexity index is 237. The molecule has 0 aromatic carbocycles. The number of hydrogen-bond acceptors (Lipinski definition) is 3. The zero-order chi connectivity index (χ0) is 12.0. The third-order valence-electron chi connectivity index (χ3n) is 2.14. The minimum Gasteiger partial charge on any atom is -0.409 e. The van der Waals surface area contributed by atoms with Gasteiger partial charge in [-0.05, 0) is 13.8 Å². The van der Waals surface area contributed by atoms with E-state index in [0.29, 0.717) is 13.0 Å². The Balaban J connectivity index is 4.36. The lowest BCUT2D eigenvalue weighted by atomic mass is 10.1. The van der Waals surface area contributed by atoms with Crippen molar-refractivity contribution < 1.29 is 10.0 Å². The standard InChI is InChI=1S/C10H21N3O2/c1-7(2)10(14)13(8(3)4)6-5-9(11)12-15/h7-8,15H,5-6H2,1-4H3,(H2,11,12). The first-order valence-corrected chi connectivity index (χ1v) is 5.17. The molecule has 0 unspecified atom stereocenters. The number of amides is 1. The molecule has 0 bridgehead atoms. The molecule has 5 nitrogen and oxygen atoms in total. The number of rotatable bonds is 5. The van der Waals surface area contributed by atoms with Crippen molar-refractivity contribution >= 4 is 11.7 Å². The molecule has 1 amide bonds. The number of carbonyl (C=O) groups is 1. The number of oxime groups is 1. The fraction of sp³-hybridized carbons (Fsp3) is 0.800. The minimum absolute atomic E-state index is 0.0281. The van der Waals surface area contributed by atoms with Crippen LogP contribution in [0.2, 0.25) is 0 Å². The highest BCUT2D eigenvalue weighted by molar-refractivity contribution is 5.82. The van der Waals surface area contributed by atoms with Gasteiger partial charge in [0.1, 0.15) is 5.84 Å². The van der Waals surface area contributed by atoms with Gasteiger partial charge >= 0.3 is 0 Å². The van der Waals surface area contributed by atoms with Crippen LogP contribution in [-0.2, 0) is 4.79 Å². The van der Waals surface area contributed by atoms with Crippen molar-refractivity contribution in [3.63, 3.8) is 0 Å². The normalized spacial score (nSPS) is 12.3. The Morgan fingerprint density at radius 3 is 2.27 bits per heavy atom. The molecule has 5 heteroatoms. The fourth-order valence-corrected chi connectivity index (χ4v) is 1.24. The second kappa shape index (κ2) is 6.27. The van der Waals surface area contributed by atoms with Gasteiger partial charge in [0, 0.05) is 24.9 Å². The Kier molecular flexibility index (Phi) is 5.74. The molecule has 0 aromatic rings. The molecule has 15 heavy (non-hydrogen) atoms. The van der Waals surface area contributed by atoms with E-state index in [-0.39, 0.29) is 23.7 Å². The van der Waals surface area contributed by atoms with Crippen molar-refractivity contribution in [1.29, 1.82) is 0 Å². The summed E-state index contributed by atoms with van der Waals surface area (Å²) >= 11 is 0. The topological polar surface area (TPSA) is 78.9 Å². The summed E-state index contributed by atoms with van der Waals surface area (Å²) in [6.45, 7) is 8.12. The van der Waals surface area contributed by atoms with Gasteiger partial charge in [0.15, 0.2) is 0 Å². The van der Waals surface area contributed by atoms with Crippen molar-refractivity contribution in [2.75, 3.05) is 6.54 Å². The van der Waals surface area contributed by atoms with Gasteiger partial charge in [-0.1, -0.05) is 19.0 Å². The van der Waals surface area contributed by atoms with E-state index < -0.39 is 0 Å². The third kappa shape index (κ3) is 4.67. The number of nitrogens with two attached hydrogens (primary N) is 1. The van der Waals surface area contributed by atoms with Crippen LogP contribution < -0.4 is 5.73 Å². The van der Waals surface area contributed by atoms with Gasteiger partial charge in [-0.25, -0.2) is 0 Å². The van der Waals surface area contributed by atoms with Crippen LogP contribution >= 0.6 is 0 Å². The van der Waals surface area contributed by atoms with E-state index >= 15 is 0 Å². The van der Waals surface area contributed by atoms with Gasteiger partial charge in [-0.3, -0.25) is 4.79 Å². The molecule has 0 spiro atoms. The first-order valence-electron chi connectivity index (χ1n) is 5.17. The molecule has 0 aromatic heterocycles. The van der Waals surface area contributed by atoms with E-state index in [0.717, 1.165) is 0 Å². The smallest absolute Gasteiger partial charge is 0.225 e. The SMILES string of the molecule is CC(C)C(=O)N(CCC(N)=NO)C(C)C. The van der Waals surface area contributed by atoms with Crippen LogP contribution in [0.1, 0.15) is 34.1 Å². The number of carbonyl (C=O) groups excluding carboxylic acids is 1. The molecule has 0 aliphatic heterocycles. The average Bonchev–Trinajstić information content (AvgIpc) is 2.16. The third-order valence-corrected chi connectivity index (χ3v) is 2.14. The molecule has 0 aliphatic carbocycles. The van der Waals surface area contributed by atoms with Crippen molar-refractivity contribution in [1.82, 2.24) is 4.90 Å². The molecule has 0 saturated heterocycles. The van der Waals surface area contributed by atoms with Crippen LogP contribution in [0.5, 0.6) is 0 Å². The number of amidine groups is 1. The summed E-state index contributed by atoms with van der Waals surface area (Å²) in [6, 6.07) is 0.131. The van der Waals surface area contributed by atoms with Crippen LogP contribution in [0, 0.1) is 5.92 Å². The highest BCUT2D eigenvalue weighted by atomic mass is 16.4. The predicted octanol–water partition coefficient (Wildman–Crippen LogP) is 1.02. The van der Waals surface area contributed by atoms with Crippen molar-refractivity contribution in [3.05, 3.63) is 0 Å². The number of hydrogen-bond donors (Lipinski definition) is 2. The van der Waals surface area contributed by atoms with E-state index in [1.807, 2.05) is 27.7 Å². The van der Waals surface area contributed by atoms with E-state index in [1.165, 1.54) is 0 Å². The molecule has 0 saturated carbocycles. The molecule has 0 rings (SSSR count). The molecule has 0 aliphatic rings. The fourth-order valence-electron chi connectivity index (χ4n) is 1.24. The molecule has 0 heterocycles. The van der Waals surface area contributed by atoms with E-state index in [2.05, 4.69) is 5.16 Å². The summed E-state index contributed by atoms with van der Waals surface area (Å²) < 4.78 is 0. The number of nitrogens with zero attached hydrogens (tertiary/aromatic N) is 2. The highest BCUT2D eigenvalue weighted by Crippen LogP contribution is 2.07. The van der Waals surface area contributed by atoms with Crippen LogP contribution in [0.3, 0.4) is 0 Å². The van der Waals surface area contributed by atoms with Gasteiger partial charge in [0.2, 0.25) is 5.91 Å². The minimum atomic E-state index is -0.0281. The summed E-state index contributed by atoms with van der Waals surface area (Å²) in [5.41, 5.74) is 5.36. The van der Waals surface area contributed by atoms with E-state index in [9.17, 15) is 4.79 Å². The van der Waals surface area contributed by atoms with Crippen LogP contribution in [0.25, 0.3) is 0 Å². The van der Waals surface area contributed by atoms with Gasteiger partial charge in [0.25, 0.3) is 0 Å². The summed E-state index contributed by atoms with van der Waals surface area (Å²) in [6.07, 6.45) is 0.396. The van der Waals surface area contributed by atoms with Crippen molar-refractivity contribution in [2.24, 2.45) is 16.8 Å². The molecule has 0 fully saturated rings. The zero-order valence-electron chi connectivity index (χ0n) is 9.90. The molecule has 88 valence electrons. The van der Waals surface area contributed by atoms with Gasteiger partial charge in [-0.2, -0.15) is 0 Å². The van der Waals surface area contributed by atoms with Gasteiger partial charge in [0.05, 0.1) is 0 Å². The monoisotopic (exact) mass is 215 g/mol. The Morgan fingerprint density at radius 1 is 1.40 bits per heavy atom. The van der Waals surface area contributed by atoms with E-state index in [1.54, 1.807) is 4.90 Å². The van der Waals surface area contributed by atoms with Gasteiger partial charge in [-0.15, -0.1) is 0 Å². The lowest BCUT2D eigenvalue weighted by Gasteiger charge is -2.28. The maximum Gasteiger partial charge on any atom is 0.225 e. The average molecular weight is 215 g/mol. The van der Waals surface area contributed by atoms with Crippen LogP contribution in [0.4, 0.5) is 0 Å². The summed E-state index contributed by atoms with van der Waals surface area (Å²) in [5, 5.41) is 11.3. The maximum absolute atomic E-state index is 11.8. The lowest BCUT2D eigenvalue weighted by molar-refractivity contribution is -0.136. The Morgan fingerprint density at radius 2 is 1.93 bits per heavy atom. The van der Waals surface area contributed by atoms with Crippen molar-refractivity contribution in [3.8, 4) is 0 Å². The molecule has 0 radical (unpaired) electrons. The first-order chi connectivity index (χ1) is 6.90. The summed E-state index contributed by atoms with van der Waals surface area (Å²) in [4.78, 5) is 13.5. The predicted molar refractivity (Wildman–Crippen MR) is 59.7 cm³/mol. The second-order valence-electron chi connectivity index (χ2n) is 4.12. The second-order valence-corrected chi connectivity index (χ2v) is 4.12. The summed E-state index contributed by atoms with van der Waals surface area (Å²) in [7, 11) is 0. The van der Waals surface area contributed by atoms with Crippen molar-refractivity contribution in [2.45, 2.75) is 40.2 Å². The Labute approximate surface area is 90.9 Å². The van der Waals surface area contributed by atoms with E-state index in [4.69, 9.17) is 10.9 Å². The summed E-state index contributed by atoms with van der Waals surface area (Å²) in [5.74, 6) is 0.215. The van der Waals surface area contributed by atoms with Crippen LogP contribution in [-0.4, -0.2) is 34.4 Å². The van der Waals surface area contributed by atoms with Crippen LogP contribution in [0.15, 0.2) is 5.16 Å². The zero-order valence-corrected chi connectivity index (χ0v) is 9.90. The highest BCUT2D eigenvalue weighted by Gasteiger charge is 2.19. The Hall–Kier alpha value is -1.26. The van der Waals surface area contributed by atoms with Gasteiger partial charge < -0.3 is 15.8 Å². The molecule has 0 atom stereocenters. The first kappa shape index (κ1) is 13.7. The molecule has 3 N–H and O–H groups in total. The molecular weight excluding hydrogens is 194 g/mol.